The van der Waals surface area contributed by atoms with Crippen LogP contribution in [0.25, 0.3) is 0 Å². The number of carbonyl (C=O) groups excluding carboxylic acids is 2. The molecule has 3 aromatic rings. The van der Waals surface area contributed by atoms with E-state index in [9.17, 15) is 14.0 Å². The molecule has 0 saturated carbocycles. The molecule has 0 aliphatic carbocycles. The fourth-order valence-electron chi connectivity index (χ4n) is 2.63. The van der Waals surface area contributed by atoms with Gasteiger partial charge >= 0.3 is 0 Å². The molecule has 0 bridgehead atoms. The van der Waals surface area contributed by atoms with Crippen LogP contribution < -0.4 is 15.4 Å². The summed E-state index contributed by atoms with van der Waals surface area (Å²) in [5, 5.41) is 5.53. The lowest BCUT2D eigenvalue weighted by Crippen LogP contribution is -2.24. The van der Waals surface area contributed by atoms with E-state index in [1.807, 2.05) is 0 Å². The minimum absolute atomic E-state index is 0.247. The first kappa shape index (κ1) is 19.1. The molecule has 0 atom stereocenters. The largest absolute Gasteiger partial charge is 0.497 e. The van der Waals surface area contributed by atoms with Gasteiger partial charge in [0.2, 0.25) is 0 Å². The van der Waals surface area contributed by atoms with Gasteiger partial charge in [0, 0.05) is 12.1 Å². The van der Waals surface area contributed by atoms with Gasteiger partial charge in [-0.05, 0) is 48.0 Å². The molecule has 0 saturated heterocycles. The molecule has 0 heterocycles. The lowest BCUT2D eigenvalue weighted by molar-refractivity contribution is 0.0952. The maximum Gasteiger partial charge on any atom is 0.255 e. The number of methoxy groups -OCH3 is 1. The summed E-state index contributed by atoms with van der Waals surface area (Å²) in [4.78, 5) is 25.1. The lowest BCUT2D eigenvalue weighted by atomic mass is 10.1. The number of amides is 2. The quantitative estimate of drug-likeness (QED) is 0.681. The summed E-state index contributed by atoms with van der Waals surface area (Å²) in [5.74, 6) is -0.456. The molecule has 0 aliphatic rings. The molecule has 3 rings (SSSR count). The van der Waals surface area contributed by atoms with Crippen LogP contribution >= 0.6 is 0 Å². The summed E-state index contributed by atoms with van der Waals surface area (Å²) in [6.45, 7) is 0.247. The highest BCUT2D eigenvalue weighted by molar-refractivity contribution is 6.09. The van der Waals surface area contributed by atoms with E-state index < -0.39 is 0 Å². The Bertz CT molecular complexity index is 987. The molecule has 0 unspecified atom stereocenters. The van der Waals surface area contributed by atoms with Crippen LogP contribution in [-0.2, 0) is 6.54 Å². The molecular weight excluding hydrogens is 359 g/mol. The van der Waals surface area contributed by atoms with Crippen LogP contribution in [0.1, 0.15) is 26.3 Å². The Kier molecular flexibility index (Phi) is 6.01. The molecule has 0 fully saturated rings. The lowest BCUT2D eigenvalue weighted by Gasteiger charge is -2.12. The zero-order valence-electron chi connectivity index (χ0n) is 15.2. The Labute approximate surface area is 162 Å². The van der Waals surface area contributed by atoms with Crippen LogP contribution in [0.2, 0.25) is 0 Å². The number of hydrogen-bond acceptors (Lipinski definition) is 3. The Morgan fingerprint density at radius 2 is 1.68 bits per heavy atom. The molecular formula is C22H19FN2O3. The van der Waals surface area contributed by atoms with E-state index in [1.165, 1.54) is 19.2 Å². The van der Waals surface area contributed by atoms with Gasteiger partial charge in [-0.1, -0.05) is 30.3 Å². The average molecular weight is 378 g/mol. The van der Waals surface area contributed by atoms with Gasteiger partial charge in [-0.3, -0.25) is 9.59 Å². The van der Waals surface area contributed by atoms with Gasteiger partial charge in [0.05, 0.1) is 18.4 Å². The Balaban J connectivity index is 1.72. The number of benzene rings is 3. The third-order valence-corrected chi connectivity index (χ3v) is 4.12. The number of para-hydroxylation sites is 1. The Morgan fingerprint density at radius 3 is 2.43 bits per heavy atom. The van der Waals surface area contributed by atoms with E-state index in [4.69, 9.17) is 4.74 Å². The first-order chi connectivity index (χ1) is 13.6. The molecule has 0 radical (unpaired) electrons. The molecule has 5 nitrogen and oxygen atoms in total. The van der Waals surface area contributed by atoms with Gasteiger partial charge in [-0.25, -0.2) is 4.39 Å². The van der Waals surface area contributed by atoms with Crippen molar-refractivity contribution in [1.29, 1.82) is 0 Å². The van der Waals surface area contributed by atoms with Crippen molar-refractivity contribution in [1.82, 2.24) is 5.32 Å². The number of carbonyl (C=O) groups is 2. The van der Waals surface area contributed by atoms with E-state index in [0.717, 1.165) is 5.56 Å². The normalized spacial score (nSPS) is 10.2. The molecule has 0 aliphatic heterocycles. The van der Waals surface area contributed by atoms with Crippen LogP contribution in [0.4, 0.5) is 10.1 Å². The van der Waals surface area contributed by atoms with Gasteiger partial charge in [0.25, 0.3) is 11.8 Å². The third-order valence-electron chi connectivity index (χ3n) is 4.12. The van der Waals surface area contributed by atoms with Crippen molar-refractivity contribution in [3.63, 3.8) is 0 Å². The predicted octanol–water partition coefficient (Wildman–Crippen LogP) is 4.02. The fraction of sp³-hybridized carbons (Fsp3) is 0.0909. The summed E-state index contributed by atoms with van der Waals surface area (Å²) < 4.78 is 18.1. The second kappa shape index (κ2) is 8.81. The topological polar surface area (TPSA) is 67.4 Å². The summed E-state index contributed by atoms with van der Waals surface area (Å²) in [6, 6.07) is 19.4. The summed E-state index contributed by atoms with van der Waals surface area (Å²) >= 11 is 0. The molecule has 6 heteroatoms. The third kappa shape index (κ3) is 4.73. The fourth-order valence-corrected chi connectivity index (χ4v) is 2.63. The number of ether oxygens (including phenoxy) is 1. The number of rotatable bonds is 6. The molecule has 0 spiro atoms. The molecule has 28 heavy (non-hydrogen) atoms. The second-order valence-corrected chi connectivity index (χ2v) is 6.04. The molecule has 142 valence electrons. The molecule has 3 aromatic carbocycles. The minimum Gasteiger partial charge on any atom is -0.497 e. The highest BCUT2D eigenvalue weighted by Crippen LogP contribution is 2.18. The smallest absolute Gasteiger partial charge is 0.255 e. The SMILES string of the molecule is COc1cccc(C(=O)Nc2ccccc2C(=O)NCc2ccc(F)cc2)c1. The zero-order chi connectivity index (χ0) is 19.9. The van der Waals surface area contributed by atoms with Crippen LogP contribution in [0.3, 0.4) is 0 Å². The van der Waals surface area contributed by atoms with Gasteiger partial charge in [-0.2, -0.15) is 0 Å². The van der Waals surface area contributed by atoms with Crippen molar-refractivity contribution in [2.45, 2.75) is 6.54 Å². The van der Waals surface area contributed by atoms with E-state index in [1.54, 1.807) is 60.7 Å². The second-order valence-electron chi connectivity index (χ2n) is 6.04. The van der Waals surface area contributed by atoms with Crippen LogP contribution in [0.5, 0.6) is 5.75 Å². The van der Waals surface area contributed by atoms with Gasteiger partial charge in [0.15, 0.2) is 0 Å². The maximum atomic E-state index is 13.0. The van der Waals surface area contributed by atoms with E-state index >= 15 is 0 Å². The summed E-state index contributed by atoms with van der Waals surface area (Å²) in [7, 11) is 1.53. The molecule has 2 amide bonds. The van der Waals surface area contributed by atoms with Crippen molar-refractivity contribution in [3.8, 4) is 5.75 Å². The van der Waals surface area contributed by atoms with Crippen molar-refractivity contribution in [3.05, 3.63) is 95.3 Å². The number of nitrogens with one attached hydrogen (secondary N) is 2. The van der Waals surface area contributed by atoms with Gasteiger partial charge in [0.1, 0.15) is 11.6 Å². The number of hydrogen-bond donors (Lipinski definition) is 2. The maximum absolute atomic E-state index is 13.0. The summed E-state index contributed by atoms with van der Waals surface area (Å²) in [5.41, 5.74) is 1.92. The van der Waals surface area contributed by atoms with Crippen LogP contribution in [0.15, 0.2) is 72.8 Å². The molecule has 2 N–H and O–H groups in total. The van der Waals surface area contributed by atoms with Crippen molar-refractivity contribution < 1.29 is 18.7 Å². The highest BCUT2D eigenvalue weighted by Gasteiger charge is 2.14. The summed E-state index contributed by atoms with van der Waals surface area (Å²) in [6.07, 6.45) is 0. The van der Waals surface area contributed by atoms with Crippen molar-refractivity contribution in [2.75, 3.05) is 12.4 Å². The Morgan fingerprint density at radius 1 is 0.929 bits per heavy atom. The van der Waals surface area contributed by atoms with Crippen LogP contribution in [0, 0.1) is 5.82 Å². The monoisotopic (exact) mass is 378 g/mol. The van der Waals surface area contributed by atoms with Gasteiger partial charge in [-0.15, -0.1) is 0 Å². The standard InChI is InChI=1S/C22H19FN2O3/c1-28-18-6-4-5-16(13-18)21(26)25-20-8-3-2-7-19(20)22(27)24-14-15-9-11-17(23)12-10-15/h2-13H,14H2,1H3,(H,24,27)(H,25,26). The van der Waals surface area contributed by atoms with Gasteiger partial charge < -0.3 is 15.4 Å². The first-order valence-corrected chi connectivity index (χ1v) is 8.64. The minimum atomic E-state index is -0.349. The van der Waals surface area contributed by atoms with E-state index in [2.05, 4.69) is 10.6 Å². The highest BCUT2D eigenvalue weighted by atomic mass is 19.1. The first-order valence-electron chi connectivity index (χ1n) is 8.64. The number of anilines is 1. The van der Waals surface area contributed by atoms with Crippen molar-refractivity contribution in [2.24, 2.45) is 0 Å². The Hall–Kier alpha value is -3.67. The number of halogens is 1. The zero-order valence-corrected chi connectivity index (χ0v) is 15.2. The van der Waals surface area contributed by atoms with E-state index in [-0.39, 0.29) is 24.2 Å². The van der Waals surface area contributed by atoms with Crippen LogP contribution in [-0.4, -0.2) is 18.9 Å². The average Bonchev–Trinajstić information content (AvgIpc) is 2.73. The molecule has 0 aromatic heterocycles. The predicted molar refractivity (Wildman–Crippen MR) is 105 cm³/mol. The van der Waals surface area contributed by atoms with E-state index in [0.29, 0.717) is 22.6 Å². The van der Waals surface area contributed by atoms with Crippen molar-refractivity contribution >= 4 is 17.5 Å².